The fourth-order valence-electron chi connectivity index (χ4n) is 2.04. The number of rotatable bonds is 4. The molecule has 21 heavy (non-hydrogen) atoms. The lowest BCUT2D eigenvalue weighted by atomic mass is 10.0. The molecule has 2 aromatic rings. The van der Waals surface area contributed by atoms with Crippen LogP contribution in [0.15, 0.2) is 16.9 Å². The number of benzene rings is 1. The van der Waals surface area contributed by atoms with E-state index in [9.17, 15) is 4.79 Å². The van der Waals surface area contributed by atoms with Gasteiger partial charge in [0.1, 0.15) is 0 Å². The van der Waals surface area contributed by atoms with E-state index >= 15 is 0 Å². The van der Waals surface area contributed by atoms with Crippen molar-refractivity contribution in [3.63, 3.8) is 0 Å². The van der Waals surface area contributed by atoms with E-state index in [1.807, 2.05) is 6.92 Å². The van der Waals surface area contributed by atoms with Gasteiger partial charge in [0.2, 0.25) is 0 Å². The average Bonchev–Trinajstić information content (AvgIpc) is 2.38. The van der Waals surface area contributed by atoms with Gasteiger partial charge >= 0.3 is 0 Å². The Morgan fingerprint density at radius 1 is 1.24 bits per heavy atom. The van der Waals surface area contributed by atoms with Crippen molar-refractivity contribution in [2.24, 2.45) is 0 Å². The van der Waals surface area contributed by atoms with E-state index in [1.54, 1.807) is 19.1 Å². The second kappa shape index (κ2) is 6.64. The second-order valence-corrected chi connectivity index (χ2v) is 5.73. The Hall–Kier alpha value is -1.30. The molecule has 112 valence electrons. The maximum absolute atomic E-state index is 12.0. The first-order chi connectivity index (χ1) is 9.92. The van der Waals surface area contributed by atoms with Crippen molar-refractivity contribution in [1.29, 1.82) is 0 Å². The summed E-state index contributed by atoms with van der Waals surface area (Å²) in [5.74, 6) is 0.461. The zero-order valence-electron chi connectivity index (χ0n) is 11.5. The Kier molecular flexibility index (Phi) is 5.08. The molecule has 4 nitrogen and oxygen atoms in total. The van der Waals surface area contributed by atoms with Gasteiger partial charge < -0.3 is 9.72 Å². The second-order valence-electron chi connectivity index (χ2n) is 4.51. The van der Waals surface area contributed by atoms with Gasteiger partial charge in [-0.05, 0) is 43.8 Å². The van der Waals surface area contributed by atoms with Gasteiger partial charge in [-0.15, -0.1) is 0 Å². The Morgan fingerprint density at radius 2 is 1.86 bits per heavy atom. The van der Waals surface area contributed by atoms with Crippen molar-refractivity contribution in [3.8, 4) is 5.75 Å². The van der Waals surface area contributed by atoms with Crippen molar-refractivity contribution in [2.75, 3.05) is 6.61 Å². The number of halogens is 2. The highest BCUT2D eigenvalue weighted by Crippen LogP contribution is 2.34. The van der Waals surface area contributed by atoms with Crippen molar-refractivity contribution in [2.45, 2.75) is 20.3 Å². The highest BCUT2D eigenvalue weighted by molar-refractivity contribution is 7.71. The predicted octanol–water partition coefficient (Wildman–Crippen LogP) is 4.04. The van der Waals surface area contributed by atoms with Crippen molar-refractivity contribution >= 4 is 35.4 Å². The summed E-state index contributed by atoms with van der Waals surface area (Å²) in [5.41, 5.74) is 1.94. The van der Waals surface area contributed by atoms with Crippen LogP contribution in [0.5, 0.6) is 5.75 Å². The van der Waals surface area contributed by atoms with Crippen LogP contribution in [0.3, 0.4) is 0 Å². The first kappa shape index (κ1) is 16.1. The van der Waals surface area contributed by atoms with Crippen LogP contribution in [0.25, 0.3) is 0 Å². The summed E-state index contributed by atoms with van der Waals surface area (Å²) in [6.45, 7) is 4.14. The van der Waals surface area contributed by atoms with Crippen LogP contribution in [-0.2, 0) is 6.42 Å². The van der Waals surface area contributed by atoms with Gasteiger partial charge in [-0.2, -0.15) is 0 Å². The lowest BCUT2D eigenvalue weighted by Gasteiger charge is -2.11. The van der Waals surface area contributed by atoms with Crippen LogP contribution in [-0.4, -0.2) is 16.6 Å². The molecule has 0 bridgehead atoms. The molecule has 0 spiro atoms. The van der Waals surface area contributed by atoms with Gasteiger partial charge in [-0.3, -0.25) is 9.78 Å². The average molecular weight is 345 g/mol. The van der Waals surface area contributed by atoms with Gasteiger partial charge in [0.25, 0.3) is 5.56 Å². The van der Waals surface area contributed by atoms with Gasteiger partial charge in [0, 0.05) is 17.7 Å². The summed E-state index contributed by atoms with van der Waals surface area (Å²) in [6.07, 6.45) is 0.402. The molecule has 0 saturated carbocycles. The van der Waals surface area contributed by atoms with E-state index in [-0.39, 0.29) is 5.56 Å². The molecular weight excluding hydrogens is 331 g/mol. The van der Waals surface area contributed by atoms with Gasteiger partial charge in [-0.1, -0.05) is 23.2 Å². The number of ether oxygens (including phenoxy) is 1. The SMILES string of the molecule is CCOc1c(Cl)cc(Cc2c(C)[nH]c(=S)[nH]c2=O)cc1Cl. The van der Waals surface area contributed by atoms with Gasteiger partial charge in [-0.25, -0.2) is 0 Å². The van der Waals surface area contributed by atoms with E-state index in [2.05, 4.69) is 9.97 Å². The number of hydrogen-bond acceptors (Lipinski definition) is 3. The van der Waals surface area contributed by atoms with Gasteiger partial charge in [0.15, 0.2) is 10.5 Å². The minimum absolute atomic E-state index is 0.211. The molecule has 0 radical (unpaired) electrons. The zero-order valence-corrected chi connectivity index (χ0v) is 13.9. The Labute approximate surface area is 137 Å². The molecule has 2 N–H and O–H groups in total. The number of nitrogens with one attached hydrogen (secondary N) is 2. The molecule has 0 aliphatic rings. The molecule has 1 heterocycles. The van der Waals surface area contributed by atoms with Crippen LogP contribution in [0.2, 0.25) is 10.0 Å². The molecule has 0 atom stereocenters. The minimum atomic E-state index is -0.211. The fourth-order valence-corrected chi connectivity index (χ4v) is 2.93. The molecule has 1 aromatic heterocycles. The molecule has 0 fully saturated rings. The van der Waals surface area contributed by atoms with E-state index in [0.717, 1.165) is 11.3 Å². The molecule has 0 aliphatic carbocycles. The maximum atomic E-state index is 12.0. The van der Waals surface area contributed by atoms with Crippen LogP contribution in [0, 0.1) is 11.7 Å². The lowest BCUT2D eigenvalue weighted by molar-refractivity contribution is 0.340. The van der Waals surface area contributed by atoms with E-state index in [0.29, 0.717) is 39.2 Å². The highest BCUT2D eigenvalue weighted by Gasteiger charge is 2.12. The Morgan fingerprint density at radius 3 is 2.38 bits per heavy atom. The van der Waals surface area contributed by atoms with Crippen LogP contribution < -0.4 is 10.3 Å². The fraction of sp³-hybridized carbons (Fsp3) is 0.286. The maximum Gasteiger partial charge on any atom is 0.255 e. The smallest absolute Gasteiger partial charge is 0.255 e. The summed E-state index contributed by atoms with van der Waals surface area (Å²) in [5, 5.41) is 0.856. The van der Waals surface area contributed by atoms with Crippen LogP contribution in [0.4, 0.5) is 0 Å². The van der Waals surface area contributed by atoms with E-state index in [1.165, 1.54) is 0 Å². The summed E-state index contributed by atoms with van der Waals surface area (Å²) in [4.78, 5) is 17.5. The molecule has 0 amide bonds. The lowest BCUT2D eigenvalue weighted by Crippen LogP contribution is -2.16. The number of H-pyrrole nitrogens is 2. The Bertz CT molecular complexity index is 760. The first-order valence-corrected chi connectivity index (χ1v) is 7.51. The minimum Gasteiger partial charge on any atom is -0.491 e. The monoisotopic (exact) mass is 344 g/mol. The summed E-state index contributed by atoms with van der Waals surface area (Å²) in [6, 6.07) is 3.50. The van der Waals surface area contributed by atoms with Crippen molar-refractivity contribution in [3.05, 3.63) is 54.1 Å². The summed E-state index contributed by atoms with van der Waals surface area (Å²) >= 11 is 17.3. The summed E-state index contributed by atoms with van der Waals surface area (Å²) < 4.78 is 5.69. The third-order valence-electron chi connectivity index (χ3n) is 2.98. The number of hydrogen-bond donors (Lipinski definition) is 2. The number of aryl methyl sites for hydroxylation is 1. The molecule has 2 rings (SSSR count). The van der Waals surface area contributed by atoms with E-state index in [4.69, 9.17) is 40.2 Å². The zero-order chi connectivity index (χ0) is 15.6. The first-order valence-electron chi connectivity index (χ1n) is 6.35. The molecule has 0 unspecified atom stereocenters. The topological polar surface area (TPSA) is 57.9 Å². The predicted molar refractivity (Wildman–Crippen MR) is 87.4 cm³/mol. The largest absolute Gasteiger partial charge is 0.491 e. The van der Waals surface area contributed by atoms with Crippen LogP contribution in [0.1, 0.15) is 23.7 Å². The highest BCUT2D eigenvalue weighted by atomic mass is 35.5. The molecule has 1 aromatic carbocycles. The van der Waals surface area contributed by atoms with Crippen molar-refractivity contribution < 1.29 is 4.74 Å². The summed E-state index contributed by atoms with van der Waals surface area (Å²) in [7, 11) is 0. The molecule has 0 aliphatic heterocycles. The third kappa shape index (κ3) is 3.67. The number of aromatic amines is 2. The standard InChI is InChI=1S/C14H14Cl2N2O2S/c1-3-20-12-10(15)5-8(6-11(12)16)4-9-7(2)17-14(21)18-13(9)19/h5-6H,3-4H2,1-2H3,(H2,17,18,19,21). The molecule has 0 saturated heterocycles. The van der Waals surface area contributed by atoms with Crippen LogP contribution >= 0.6 is 35.4 Å². The van der Waals surface area contributed by atoms with E-state index < -0.39 is 0 Å². The Balaban J connectivity index is 2.42. The third-order valence-corrected chi connectivity index (χ3v) is 3.75. The van der Waals surface area contributed by atoms with Crippen molar-refractivity contribution in [1.82, 2.24) is 9.97 Å². The number of aromatic nitrogens is 2. The quantitative estimate of drug-likeness (QED) is 0.823. The molecule has 7 heteroatoms. The molecular formula is C14H14Cl2N2O2S. The normalized spacial score (nSPS) is 10.7. The van der Waals surface area contributed by atoms with Gasteiger partial charge in [0.05, 0.1) is 16.7 Å².